The Kier molecular flexibility index (Phi) is 6.45. The lowest BCUT2D eigenvalue weighted by Crippen LogP contribution is -2.14. The highest BCUT2D eigenvalue weighted by Crippen LogP contribution is 2.27. The van der Waals surface area contributed by atoms with Gasteiger partial charge in [0.2, 0.25) is 0 Å². The van der Waals surface area contributed by atoms with Crippen LogP contribution >= 0.6 is 22.9 Å². The van der Waals surface area contributed by atoms with Crippen molar-refractivity contribution in [3.8, 4) is 0 Å². The van der Waals surface area contributed by atoms with Gasteiger partial charge in [0.05, 0.1) is 40.8 Å². The van der Waals surface area contributed by atoms with Gasteiger partial charge in [-0.3, -0.25) is 5.32 Å². The lowest BCUT2D eigenvalue weighted by molar-refractivity contribution is 0.168. The van der Waals surface area contributed by atoms with E-state index in [2.05, 4.69) is 14.2 Å². The molecule has 3 N–H and O–H groups in total. The zero-order valence-electron chi connectivity index (χ0n) is 12.5. The Bertz CT molecular complexity index is 665. The first-order valence-corrected chi connectivity index (χ1v) is 8.13. The first kappa shape index (κ1) is 17.3. The van der Waals surface area contributed by atoms with Gasteiger partial charge < -0.3 is 13.6 Å². The Morgan fingerprint density at radius 2 is 1.91 bits per heavy atom. The standard InChI is InChI=1S/C16H17FIN3O2/c1-2-23-16(22)20-14-8-7-13(9-15(14)21-18)19-10-11-3-5-12(17)6-4-11/h3-9,19,21H,2,10H2,1H3,(H,20,22). The van der Waals surface area contributed by atoms with Crippen molar-refractivity contribution in [2.45, 2.75) is 13.5 Å². The number of carbonyl (C=O) groups excluding carboxylic acids is 1. The molecule has 122 valence electrons. The van der Waals surface area contributed by atoms with E-state index in [1.807, 2.05) is 35.0 Å². The number of amides is 1. The summed E-state index contributed by atoms with van der Waals surface area (Å²) in [6, 6.07) is 11.8. The quantitative estimate of drug-likeness (QED) is 0.458. The van der Waals surface area contributed by atoms with Crippen molar-refractivity contribution < 1.29 is 13.9 Å². The average molecular weight is 429 g/mol. The number of nitrogens with one attached hydrogen (secondary N) is 3. The molecule has 0 aliphatic rings. The van der Waals surface area contributed by atoms with Crippen LogP contribution in [0.25, 0.3) is 0 Å². The third-order valence-electron chi connectivity index (χ3n) is 3.04. The van der Waals surface area contributed by atoms with Crippen LogP contribution in [-0.4, -0.2) is 12.7 Å². The molecule has 23 heavy (non-hydrogen) atoms. The summed E-state index contributed by atoms with van der Waals surface area (Å²) in [6.07, 6.45) is -0.493. The molecule has 2 rings (SSSR count). The highest BCUT2D eigenvalue weighted by atomic mass is 127. The molecule has 0 atom stereocenters. The van der Waals surface area contributed by atoms with Crippen LogP contribution in [0.4, 0.5) is 26.2 Å². The van der Waals surface area contributed by atoms with E-state index in [1.54, 1.807) is 25.1 Å². The fourth-order valence-corrected chi connectivity index (χ4v) is 2.37. The summed E-state index contributed by atoms with van der Waals surface area (Å²) in [5.74, 6) is -0.250. The SMILES string of the molecule is CCOC(=O)Nc1ccc(NCc2ccc(F)cc2)cc1NI. The van der Waals surface area contributed by atoms with E-state index < -0.39 is 6.09 Å². The number of carbonyl (C=O) groups is 1. The maximum atomic E-state index is 12.9. The van der Waals surface area contributed by atoms with Gasteiger partial charge in [0.1, 0.15) is 5.82 Å². The molecule has 0 unspecified atom stereocenters. The molecule has 7 heteroatoms. The van der Waals surface area contributed by atoms with Gasteiger partial charge in [0.25, 0.3) is 0 Å². The summed E-state index contributed by atoms with van der Waals surface area (Å²) in [5.41, 5.74) is 3.24. The van der Waals surface area contributed by atoms with Gasteiger partial charge in [-0.2, -0.15) is 0 Å². The number of halogens is 2. The smallest absolute Gasteiger partial charge is 0.411 e. The molecule has 0 spiro atoms. The van der Waals surface area contributed by atoms with Crippen molar-refractivity contribution in [3.05, 3.63) is 53.8 Å². The second-order valence-corrected chi connectivity index (χ2v) is 5.22. The maximum absolute atomic E-state index is 12.9. The van der Waals surface area contributed by atoms with Crippen molar-refractivity contribution in [1.29, 1.82) is 0 Å². The number of rotatable bonds is 6. The summed E-state index contributed by atoms with van der Waals surface area (Å²) < 4.78 is 20.7. The summed E-state index contributed by atoms with van der Waals surface area (Å²) in [5, 5.41) is 5.92. The van der Waals surface area contributed by atoms with Crippen molar-refractivity contribution in [1.82, 2.24) is 0 Å². The molecule has 0 heterocycles. The van der Waals surface area contributed by atoms with Crippen LogP contribution in [-0.2, 0) is 11.3 Å². The Morgan fingerprint density at radius 1 is 1.17 bits per heavy atom. The maximum Gasteiger partial charge on any atom is 0.411 e. The van der Waals surface area contributed by atoms with Crippen LogP contribution in [0.15, 0.2) is 42.5 Å². The molecular formula is C16H17FIN3O2. The predicted octanol–water partition coefficient (Wildman–Crippen LogP) is 4.77. The molecular weight excluding hydrogens is 412 g/mol. The van der Waals surface area contributed by atoms with Crippen LogP contribution in [0.1, 0.15) is 12.5 Å². The number of benzene rings is 2. The third-order valence-corrected chi connectivity index (χ3v) is 3.62. The van der Waals surface area contributed by atoms with E-state index >= 15 is 0 Å². The van der Waals surface area contributed by atoms with E-state index in [0.29, 0.717) is 18.8 Å². The van der Waals surface area contributed by atoms with E-state index in [0.717, 1.165) is 16.9 Å². The number of hydrogen-bond donors (Lipinski definition) is 3. The zero-order valence-corrected chi connectivity index (χ0v) is 14.7. The minimum atomic E-state index is -0.493. The zero-order chi connectivity index (χ0) is 16.7. The van der Waals surface area contributed by atoms with Gasteiger partial charge in [-0.1, -0.05) is 12.1 Å². The predicted molar refractivity (Wildman–Crippen MR) is 98.5 cm³/mol. The highest BCUT2D eigenvalue weighted by molar-refractivity contribution is 14.1. The van der Waals surface area contributed by atoms with E-state index in [-0.39, 0.29) is 5.82 Å². The van der Waals surface area contributed by atoms with Crippen molar-refractivity contribution in [3.63, 3.8) is 0 Å². The molecule has 2 aromatic carbocycles. The van der Waals surface area contributed by atoms with Crippen LogP contribution in [0.5, 0.6) is 0 Å². The lowest BCUT2D eigenvalue weighted by atomic mass is 10.2. The minimum Gasteiger partial charge on any atom is -0.450 e. The molecule has 0 saturated carbocycles. The molecule has 0 aliphatic heterocycles. The Balaban J connectivity index is 2.03. The van der Waals surface area contributed by atoms with E-state index in [1.165, 1.54) is 12.1 Å². The molecule has 0 radical (unpaired) electrons. The van der Waals surface area contributed by atoms with Crippen LogP contribution in [0, 0.1) is 5.82 Å². The molecule has 0 bridgehead atoms. The van der Waals surface area contributed by atoms with Crippen molar-refractivity contribution >= 4 is 46.0 Å². The highest BCUT2D eigenvalue weighted by Gasteiger charge is 2.08. The minimum absolute atomic E-state index is 0.250. The summed E-state index contributed by atoms with van der Waals surface area (Å²) >= 11 is 2.00. The van der Waals surface area contributed by atoms with E-state index in [9.17, 15) is 9.18 Å². The van der Waals surface area contributed by atoms with Crippen molar-refractivity contribution in [2.75, 3.05) is 20.8 Å². The van der Waals surface area contributed by atoms with Crippen molar-refractivity contribution in [2.24, 2.45) is 0 Å². The van der Waals surface area contributed by atoms with Crippen LogP contribution in [0.2, 0.25) is 0 Å². The second kappa shape index (κ2) is 8.56. The first-order valence-electron chi connectivity index (χ1n) is 7.05. The molecule has 5 nitrogen and oxygen atoms in total. The molecule has 0 fully saturated rings. The summed E-state index contributed by atoms with van der Waals surface area (Å²) in [7, 11) is 0. The average Bonchev–Trinajstić information content (AvgIpc) is 2.55. The van der Waals surface area contributed by atoms with Gasteiger partial charge >= 0.3 is 6.09 Å². The number of ether oxygens (including phenoxy) is 1. The van der Waals surface area contributed by atoms with Crippen LogP contribution < -0.4 is 14.2 Å². The third kappa shape index (κ3) is 5.27. The largest absolute Gasteiger partial charge is 0.450 e. The Morgan fingerprint density at radius 3 is 2.57 bits per heavy atom. The lowest BCUT2D eigenvalue weighted by Gasteiger charge is -2.13. The molecule has 2 aromatic rings. The normalized spacial score (nSPS) is 10.0. The fourth-order valence-electron chi connectivity index (χ4n) is 1.92. The molecule has 0 aliphatic carbocycles. The summed E-state index contributed by atoms with van der Waals surface area (Å²) in [6.45, 7) is 2.64. The molecule has 0 saturated heterocycles. The first-order chi connectivity index (χ1) is 11.1. The summed E-state index contributed by atoms with van der Waals surface area (Å²) in [4.78, 5) is 11.5. The Hall–Kier alpha value is -2.03. The van der Waals surface area contributed by atoms with Gasteiger partial charge in [-0.15, -0.1) is 0 Å². The van der Waals surface area contributed by atoms with E-state index in [4.69, 9.17) is 4.74 Å². The van der Waals surface area contributed by atoms with Gasteiger partial charge in [0, 0.05) is 12.2 Å². The van der Waals surface area contributed by atoms with Gasteiger partial charge in [-0.05, 0) is 42.8 Å². The monoisotopic (exact) mass is 429 g/mol. The molecule has 0 aromatic heterocycles. The van der Waals surface area contributed by atoms with Crippen LogP contribution in [0.3, 0.4) is 0 Å². The Labute approximate surface area is 148 Å². The number of anilines is 3. The second-order valence-electron chi connectivity index (χ2n) is 4.68. The fraction of sp³-hybridized carbons (Fsp3) is 0.188. The number of hydrogen-bond acceptors (Lipinski definition) is 4. The van der Waals surface area contributed by atoms with Gasteiger partial charge in [0.15, 0.2) is 0 Å². The molecule has 1 amide bonds. The topological polar surface area (TPSA) is 62.4 Å². The van der Waals surface area contributed by atoms with Gasteiger partial charge in [-0.25, -0.2) is 9.18 Å².